The first-order valence-corrected chi connectivity index (χ1v) is 12.3. The number of rotatable bonds is 9. The molecule has 2 aromatic heterocycles. The van der Waals surface area contributed by atoms with Crippen molar-refractivity contribution in [2.75, 3.05) is 19.0 Å². The molecule has 0 saturated carbocycles. The van der Waals surface area contributed by atoms with Crippen LogP contribution in [-0.2, 0) is 22.3 Å². The van der Waals surface area contributed by atoms with Gasteiger partial charge in [-0.3, -0.25) is 0 Å². The van der Waals surface area contributed by atoms with Crippen molar-refractivity contribution in [1.82, 2.24) is 19.7 Å². The maximum atomic E-state index is 13.3. The molecule has 4 aromatic rings. The maximum Gasteiger partial charge on any atom is 0.245 e. The van der Waals surface area contributed by atoms with E-state index in [4.69, 9.17) is 4.74 Å². The molecule has 0 aliphatic carbocycles. The molecule has 0 spiro atoms. The molecule has 0 amide bonds. The molecule has 0 aliphatic rings. The third kappa shape index (κ3) is 5.64. The van der Waals surface area contributed by atoms with Gasteiger partial charge in [0.15, 0.2) is 5.52 Å². The Morgan fingerprint density at radius 3 is 2.29 bits per heavy atom. The molecule has 0 radical (unpaired) electrons. The van der Waals surface area contributed by atoms with Crippen LogP contribution in [0.4, 0.5) is 10.3 Å². The number of hydrogen-bond acceptors (Lipinski definition) is 7. The maximum absolute atomic E-state index is 13.3. The van der Waals surface area contributed by atoms with Gasteiger partial charge in [0.05, 0.1) is 23.6 Å². The fraction of sp³-hybridized carbons (Fsp3) is 0.208. The van der Waals surface area contributed by atoms with Gasteiger partial charge >= 0.3 is 0 Å². The zero-order valence-electron chi connectivity index (χ0n) is 18.7. The van der Waals surface area contributed by atoms with Gasteiger partial charge in [-0.2, -0.15) is 4.98 Å². The number of nitrogens with zero attached hydrogens (tertiary/aromatic N) is 3. The summed E-state index contributed by atoms with van der Waals surface area (Å²) >= 11 is 0. The topological polar surface area (TPSA) is 106 Å². The highest BCUT2D eigenvalue weighted by atomic mass is 32.2. The highest BCUT2D eigenvalue weighted by molar-refractivity contribution is 7.88. The molecule has 0 atom stereocenters. The average Bonchev–Trinajstić information content (AvgIpc) is 2.84. The fourth-order valence-corrected chi connectivity index (χ4v) is 4.09. The van der Waals surface area contributed by atoms with Crippen molar-refractivity contribution >= 4 is 27.0 Å². The van der Waals surface area contributed by atoms with Gasteiger partial charge in [-0.15, -0.1) is 0 Å². The lowest BCUT2D eigenvalue weighted by molar-refractivity contribution is 0.330. The van der Waals surface area contributed by atoms with Crippen molar-refractivity contribution in [3.05, 3.63) is 77.6 Å². The third-order valence-electron chi connectivity index (χ3n) is 5.07. The van der Waals surface area contributed by atoms with Crippen LogP contribution in [-0.4, -0.2) is 37.0 Å². The van der Waals surface area contributed by atoms with Crippen molar-refractivity contribution in [3.8, 4) is 17.1 Å². The van der Waals surface area contributed by atoms with Crippen molar-refractivity contribution in [1.29, 1.82) is 0 Å². The number of sulfonamides is 1. The van der Waals surface area contributed by atoms with E-state index in [0.29, 0.717) is 47.3 Å². The summed E-state index contributed by atoms with van der Waals surface area (Å²) in [6.07, 6.45) is 0. The third-order valence-corrected chi connectivity index (χ3v) is 6.41. The molecule has 4 rings (SSSR count). The SMILES string of the molecule is CCOc1nc(NCc2ccc(CS(=O)(=O)NC)cc2)nc2ccc(-c3ccc(F)cc3)nc12. The second-order valence-corrected chi connectivity index (χ2v) is 9.42. The lowest BCUT2D eigenvalue weighted by Crippen LogP contribution is -2.20. The summed E-state index contributed by atoms with van der Waals surface area (Å²) in [6, 6.07) is 17.0. The molecule has 2 heterocycles. The number of benzene rings is 2. The van der Waals surface area contributed by atoms with Crippen molar-refractivity contribution < 1.29 is 17.5 Å². The van der Waals surface area contributed by atoms with Crippen LogP contribution < -0.4 is 14.8 Å². The summed E-state index contributed by atoms with van der Waals surface area (Å²) in [5, 5.41) is 3.18. The molecule has 0 bridgehead atoms. The number of ether oxygens (including phenoxy) is 1. The standard InChI is InChI=1S/C24H24FN5O3S/c1-3-33-23-22-21(13-12-20(28-22)18-8-10-19(25)11-9-18)29-24(30-23)27-14-16-4-6-17(7-5-16)15-34(31,32)26-2/h4-13,26H,3,14-15H2,1-2H3,(H,27,29,30). The quantitative estimate of drug-likeness (QED) is 0.374. The molecule has 10 heteroatoms. The monoisotopic (exact) mass is 481 g/mol. The van der Waals surface area contributed by atoms with Crippen LogP contribution in [0.5, 0.6) is 5.88 Å². The minimum Gasteiger partial charge on any atom is -0.476 e. The van der Waals surface area contributed by atoms with Gasteiger partial charge in [0.25, 0.3) is 0 Å². The number of nitrogens with one attached hydrogen (secondary N) is 2. The summed E-state index contributed by atoms with van der Waals surface area (Å²) in [5.41, 5.74) is 4.21. The van der Waals surface area contributed by atoms with E-state index in [1.807, 2.05) is 31.2 Å². The van der Waals surface area contributed by atoms with Crippen LogP contribution in [0.2, 0.25) is 0 Å². The van der Waals surface area contributed by atoms with E-state index in [0.717, 1.165) is 11.1 Å². The van der Waals surface area contributed by atoms with E-state index in [1.54, 1.807) is 24.3 Å². The Labute approximate surface area is 197 Å². The first-order chi connectivity index (χ1) is 16.4. The van der Waals surface area contributed by atoms with Gasteiger partial charge in [0.2, 0.25) is 21.9 Å². The number of pyridine rings is 1. The first-order valence-electron chi connectivity index (χ1n) is 10.7. The van der Waals surface area contributed by atoms with E-state index >= 15 is 0 Å². The Hall–Kier alpha value is -3.63. The van der Waals surface area contributed by atoms with E-state index in [1.165, 1.54) is 19.2 Å². The lowest BCUT2D eigenvalue weighted by Gasteiger charge is -2.11. The Balaban J connectivity index is 1.55. The molecule has 0 saturated heterocycles. The van der Waals surface area contributed by atoms with E-state index in [9.17, 15) is 12.8 Å². The van der Waals surface area contributed by atoms with E-state index in [-0.39, 0.29) is 11.6 Å². The predicted octanol–water partition coefficient (Wildman–Crippen LogP) is 3.89. The number of aromatic nitrogens is 3. The fourth-order valence-electron chi connectivity index (χ4n) is 3.31. The van der Waals surface area contributed by atoms with Crippen molar-refractivity contribution in [2.24, 2.45) is 0 Å². The molecule has 34 heavy (non-hydrogen) atoms. The van der Waals surface area contributed by atoms with Crippen LogP contribution in [0.25, 0.3) is 22.3 Å². The molecule has 0 aliphatic heterocycles. The van der Waals surface area contributed by atoms with E-state index in [2.05, 4.69) is 25.0 Å². The molecule has 0 fully saturated rings. The first kappa shape index (κ1) is 23.5. The van der Waals surface area contributed by atoms with E-state index < -0.39 is 10.0 Å². The summed E-state index contributed by atoms with van der Waals surface area (Å²) < 4.78 is 44.7. The molecule has 176 valence electrons. The Kier molecular flexibility index (Phi) is 6.99. The van der Waals surface area contributed by atoms with Crippen LogP contribution in [0, 0.1) is 5.82 Å². The van der Waals surface area contributed by atoms with Crippen LogP contribution in [0.15, 0.2) is 60.7 Å². The molecular formula is C24H24FN5O3S. The Morgan fingerprint density at radius 1 is 0.912 bits per heavy atom. The highest BCUT2D eigenvalue weighted by Crippen LogP contribution is 2.27. The predicted molar refractivity (Wildman–Crippen MR) is 129 cm³/mol. The van der Waals surface area contributed by atoms with Gasteiger partial charge in [0.1, 0.15) is 5.82 Å². The van der Waals surface area contributed by atoms with Gasteiger partial charge < -0.3 is 10.1 Å². The largest absolute Gasteiger partial charge is 0.476 e. The van der Waals surface area contributed by atoms with Gasteiger partial charge in [-0.05, 0) is 61.5 Å². The highest BCUT2D eigenvalue weighted by Gasteiger charge is 2.13. The summed E-state index contributed by atoms with van der Waals surface area (Å²) in [7, 11) is -1.92. The summed E-state index contributed by atoms with van der Waals surface area (Å²) in [5.74, 6) is 0.354. The Morgan fingerprint density at radius 2 is 1.62 bits per heavy atom. The second-order valence-electron chi connectivity index (χ2n) is 7.49. The van der Waals surface area contributed by atoms with Crippen LogP contribution in [0.1, 0.15) is 18.1 Å². The number of anilines is 1. The lowest BCUT2D eigenvalue weighted by atomic mass is 10.1. The summed E-state index contributed by atoms with van der Waals surface area (Å²) in [6.45, 7) is 2.71. The summed E-state index contributed by atoms with van der Waals surface area (Å²) in [4.78, 5) is 13.7. The van der Waals surface area contributed by atoms with Gasteiger partial charge in [0, 0.05) is 12.1 Å². The molecular weight excluding hydrogens is 457 g/mol. The van der Waals surface area contributed by atoms with Crippen molar-refractivity contribution in [3.63, 3.8) is 0 Å². The number of halogens is 1. The zero-order chi connectivity index (χ0) is 24.1. The average molecular weight is 482 g/mol. The van der Waals surface area contributed by atoms with Crippen LogP contribution >= 0.6 is 0 Å². The second kappa shape index (κ2) is 10.1. The molecule has 8 nitrogen and oxygen atoms in total. The molecule has 0 unspecified atom stereocenters. The van der Waals surface area contributed by atoms with Crippen molar-refractivity contribution in [2.45, 2.75) is 19.2 Å². The molecule has 2 N–H and O–H groups in total. The van der Waals surface area contributed by atoms with Gasteiger partial charge in [-0.25, -0.2) is 27.5 Å². The zero-order valence-corrected chi connectivity index (χ0v) is 19.6. The van der Waals surface area contributed by atoms with Crippen LogP contribution in [0.3, 0.4) is 0 Å². The minimum absolute atomic E-state index is 0.0738. The number of fused-ring (bicyclic) bond motifs is 1. The Bertz CT molecular complexity index is 1400. The minimum atomic E-state index is -3.32. The number of hydrogen-bond donors (Lipinski definition) is 2. The molecule has 2 aromatic carbocycles. The van der Waals surface area contributed by atoms with Gasteiger partial charge in [-0.1, -0.05) is 24.3 Å². The normalized spacial score (nSPS) is 11.5. The smallest absolute Gasteiger partial charge is 0.245 e.